The Morgan fingerprint density at radius 2 is 2.20 bits per heavy atom. The van der Waals surface area contributed by atoms with Crippen molar-refractivity contribution in [2.24, 2.45) is 0 Å². The molecule has 2 aromatic heterocycles. The Labute approximate surface area is 117 Å². The van der Waals surface area contributed by atoms with Crippen molar-refractivity contribution < 1.29 is 4.79 Å². The highest BCUT2D eigenvalue weighted by Gasteiger charge is 2.26. The lowest BCUT2D eigenvalue weighted by Gasteiger charge is -2.34. The van der Waals surface area contributed by atoms with Gasteiger partial charge in [0.2, 0.25) is 0 Å². The van der Waals surface area contributed by atoms with Gasteiger partial charge >= 0.3 is 0 Å². The maximum absolute atomic E-state index is 12.6. The number of hydrogen-bond acceptors (Lipinski definition) is 4. The fraction of sp³-hybridized carbons (Fsp3) is 0.500. The molecule has 3 heterocycles. The van der Waals surface area contributed by atoms with E-state index in [2.05, 4.69) is 27.1 Å². The predicted molar refractivity (Wildman–Crippen MR) is 76.5 cm³/mol. The number of carbonyl (C=O) groups excluding carboxylic acids is 1. The number of nitrogens with zero attached hydrogens (tertiary/aromatic N) is 4. The van der Waals surface area contributed by atoms with Gasteiger partial charge in [-0.05, 0) is 39.0 Å². The largest absolute Gasteiger partial charge is 0.337 e. The average molecular weight is 273 g/mol. The van der Waals surface area contributed by atoms with Crippen LogP contribution in [0.3, 0.4) is 0 Å². The maximum Gasteiger partial charge on any atom is 0.275 e. The first-order valence-electron chi connectivity index (χ1n) is 6.90. The Morgan fingerprint density at radius 1 is 1.45 bits per heavy atom. The van der Waals surface area contributed by atoms with Crippen molar-refractivity contribution in [3.8, 4) is 0 Å². The fourth-order valence-electron chi connectivity index (χ4n) is 2.74. The summed E-state index contributed by atoms with van der Waals surface area (Å²) in [6.45, 7) is 2.07. The number of carbonyl (C=O) groups is 1. The molecule has 0 atom stereocenters. The summed E-state index contributed by atoms with van der Waals surface area (Å²) >= 11 is 0. The quantitative estimate of drug-likeness (QED) is 0.890. The molecule has 6 heteroatoms. The zero-order chi connectivity index (χ0) is 14.1. The van der Waals surface area contributed by atoms with Gasteiger partial charge in [-0.25, -0.2) is 0 Å². The van der Waals surface area contributed by atoms with Gasteiger partial charge in [-0.3, -0.25) is 14.9 Å². The molecule has 0 saturated carbocycles. The van der Waals surface area contributed by atoms with Crippen LogP contribution in [0.25, 0.3) is 10.9 Å². The second-order valence-electron chi connectivity index (χ2n) is 5.44. The van der Waals surface area contributed by atoms with Crippen LogP contribution in [0.4, 0.5) is 0 Å². The molecule has 0 radical (unpaired) electrons. The first kappa shape index (κ1) is 13.1. The lowest BCUT2D eigenvalue weighted by molar-refractivity contribution is 0.0655. The molecule has 2 aromatic rings. The number of aromatic amines is 1. The molecule has 1 saturated heterocycles. The first-order chi connectivity index (χ1) is 9.66. The predicted octanol–water partition coefficient (Wildman–Crippen LogP) is 1.12. The summed E-state index contributed by atoms with van der Waals surface area (Å²) < 4.78 is 0. The maximum atomic E-state index is 12.6. The van der Waals surface area contributed by atoms with Crippen molar-refractivity contribution in [1.29, 1.82) is 0 Å². The number of nitrogens with one attached hydrogen (secondary N) is 1. The molecule has 1 fully saturated rings. The highest BCUT2D eigenvalue weighted by Crippen LogP contribution is 2.19. The summed E-state index contributed by atoms with van der Waals surface area (Å²) in [5.74, 6) is -0.0289. The van der Waals surface area contributed by atoms with Gasteiger partial charge in [0.15, 0.2) is 5.69 Å². The summed E-state index contributed by atoms with van der Waals surface area (Å²) in [7, 11) is 3.99. The van der Waals surface area contributed by atoms with E-state index in [9.17, 15) is 4.79 Å². The summed E-state index contributed by atoms with van der Waals surface area (Å²) in [5.41, 5.74) is 1.31. The summed E-state index contributed by atoms with van der Waals surface area (Å²) in [6.07, 6.45) is 5.41. The van der Waals surface area contributed by atoms with E-state index in [1.165, 1.54) is 0 Å². The number of H-pyrrole nitrogens is 1. The van der Waals surface area contributed by atoms with Crippen LogP contribution in [0, 0.1) is 0 Å². The monoisotopic (exact) mass is 273 g/mol. The second-order valence-corrected chi connectivity index (χ2v) is 5.44. The minimum absolute atomic E-state index is 0.0289. The number of amides is 1. The van der Waals surface area contributed by atoms with Crippen molar-refractivity contribution in [3.63, 3.8) is 0 Å². The van der Waals surface area contributed by atoms with Gasteiger partial charge in [0.05, 0.1) is 10.9 Å². The SMILES string of the molecule is CN1CCC(N(C)C(=O)c2n[nH]c3ccncc23)CC1. The van der Waals surface area contributed by atoms with E-state index in [0.29, 0.717) is 11.7 Å². The highest BCUT2D eigenvalue weighted by molar-refractivity contribution is 6.04. The summed E-state index contributed by atoms with van der Waals surface area (Å²) in [6, 6.07) is 2.12. The van der Waals surface area contributed by atoms with Crippen LogP contribution in [0.5, 0.6) is 0 Å². The van der Waals surface area contributed by atoms with E-state index in [1.54, 1.807) is 12.4 Å². The van der Waals surface area contributed by atoms with Gasteiger partial charge in [0.1, 0.15) is 0 Å². The summed E-state index contributed by atoms with van der Waals surface area (Å²) in [4.78, 5) is 20.8. The Kier molecular flexibility index (Phi) is 3.40. The van der Waals surface area contributed by atoms with Crippen molar-refractivity contribution in [1.82, 2.24) is 25.0 Å². The van der Waals surface area contributed by atoms with E-state index < -0.39 is 0 Å². The molecule has 0 unspecified atom stereocenters. The lowest BCUT2D eigenvalue weighted by atomic mass is 10.0. The average Bonchev–Trinajstić information content (AvgIpc) is 2.90. The molecule has 3 rings (SSSR count). The molecule has 1 amide bonds. The Morgan fingerprint density at radius 3 is 2.95 bits per heavy atom. The van der Waals surface area contributed by atoms with Crippen LogP contribution in [0.15, 0.2) is 18.5 Å². The van der Waals surface area contributed by atoms with Crippen LogP contribution in [-0.4, -0.2) is 64.1 Å². The number of hydrogen-bond donors (Lipinski definition) is 1. The first-order valence-corrected chi connectivity index (χ1v) is 6.90. The number of piperidine rings is 1. The van der Waals surface area contributed by atoms with Crippen LogP contribution >= 0.6 is 0 Å². The second kappa shape index (κ2) is 5.20. The van der Waals surface area contributed by atoms with E-state index in [1.807, 2.05) is 18.0 Å². The molecule has 0 spiro atoms. The number of aromatic nitrogens is 3. The molecule has 0 bridgehead atoms. The zero-order valence-corrected chi connectivity index (χ0v) is 11.8. The van der Waals surface area contributed by atoms with E-state index in [4.69, 9.17) is 0 Å². The molecule has 6 nitrogen and oxygen atoms in total. The smallest absolute Gasteiger partial charge is 0.275 e. The molecule has 1 aliphatic rings. The minimum Gasteiger partial charge on any atom is -0.337 e. The van der Waals surface area contributed by atoms with Gasteiger partial charge < -0.3 is 9.80 Å². The highest BCUT2D eigenvalue weighted by atomic mass is 16.2. The topological polar surface area (TPSA) is 65.1 Å². The van der Waals surface area contributed by atoms with Crippen molar-refractivity contribution in [3.05, 3.63) is 24.2 Å². The van der Waals surface area contributed by atoms with Gasteiger partial charge in [-0.1, -0.05) is 0 Å². The van der Waals surface area contributed by atoms with Gasteiger partial charge in [-0.2, -0.15) is 5.10 Å². The Hall–Kier alpha value is -1.95. The van der Waals surface area contributed by atoms with Crippen LogP contribution in [0.2, 0.25) is 0 Å². The lowest BCUT2D eigenvalue weighted by Crippen LogP contribution is -2.44. The minimum atomic E-state index is -0.0289. The summed E-state index contributed by atoms with van der Waals surface area (Å²) in [5, 5.41) is 7.84. The molecule has 1 N–H and O–H groups in total. The van der Waals surface area contributed by atoms with E-state index in [-0.39, 0.29) is 5.91 Å². The van der Waals surface area contributed by atoms with Crippen LogP contribution in [-0.2, 0) is 0 Å². The molecule has 0 aromatic carbocycles. The molecule has 1 aliphatic heterocycles. The van der Waals surface area contributed by atoms with Crippen LogP contribution < -0.4 is 0 Å². The third-order valence-corrected chi connectivity index (χ3v) is 4.12. The fourth-order valence-corrected chi connectivity index (χ4v) is 2.74. The number of likely N-dealkylation sites (tertiary alicyclic amines) is 1. The van der Waals surface area contributed by atoms with Gasteiger partial charge in [0, 0.05) is 25.5 Å². The number of pyridine rings is 1. The van der Waals surface area contributed by atoms with E-state index in [0.717, 1.165) is 36.8 Å². The van der Waals surface area contributed by atoms with Crippen LogP contribution in [0.1, 0.15) is 23.3 Å². The normalized spacial score (nSPS) is 17.5. The van der Waals surface area contributed by atoms with E-state index >= 15 is 0 Å². The van der Waals surface area contributed by atoms with Gasteiger partial charge in [-0.15, -0.1) is 0 Å². The third kappa shape index (κ3) is 2.27. The molecular weight excluding hydrogens is 254 g/mol. The van der Waals surface area contributed by atoms with Gasteiger partial charge in [0.25, 0.3) is 5.91 Å². The third-order valence-electron chi connectivity index (χ3n) is 4.12. The zero-order valence-electron chi connectivity index (χ0n) is 11.8. The Balaban J connectivity index is 1.81. The molecule has 0 aliphatic carbocycles. The standard InChI is InChI=1S/C14H19N5O/c1-18-7-4-10(5-8-18)19(2)14(20)13-11-9-15-6-3-12(11)16-17-13/h3,6,9-10H,4-5,7-8H2,1-2H3,(H,16,17). The van der Waals surface area contributed by atoms with Crippen molar-refractivity contribution in [2.75, 3.05) is 27.2 Å². The number of fused-ring (bicyclic) bond motifs is 1. The van der Waals surface area contributed by atoms with Crippen molar-refractivity contribution in [2.45, 2.75) is 18.9 Å². The molecule has 20 heavy (non-hydrogen) atoms. The number of rotatable bonds is 2. The molecule has 106 valence electrons. The van der Waals surface area contributed by atoms with Crippen molar-refractivity contribution >= 4 is 16.8 Å². The Bertz CT molecular complexity index is 615. The molecular formula is C14H19N5O.